The predicted octanol–water partition coefficient (Wildman–Crippen LogP) is 2.26. The average Bonchev–Trinajstić information content (AvgIpc) is 2.54. The predicted molar refractivity (Wildman–Crippen MR) is 88.2 cm³/mol. The minimum atomic E-state index is -0.377. The van der Waals surface area contributed by atoms with E-state index in [1.807, 2.05) is 30.0 Å². The van der Waals surface area contributed by atoms with Gasteiger partial charge in [0.25, 0.3) is 5.91 Å². The van der Waals surface area contributed by atoms with Gasteiger partial charge in [-0.2, -0.15) is 0 Å². The quantitative estimate of drug-likeness (QED) is 0.867. The van der Waals surface area contributed by atoms with Gasteiger partial charge in [0.15, 0.2) is 6.10 Å². The lowest BCUT2D eigenvalue weighted by Crippen LogP contribution is -2.48. The average molecular weight is 303 g/mol. The van der Waals surface area contributed by atoms with Gasteiger partial charge < -0.3 is 20.3 Å². The molecule has 1 aromatic carbocycles. The second-order valence-electron chi connectivity index (χ2n) is 6.13. The number of ether oxygens (including phenoxy) is 1. The summed E-state index contributed by atoms with van der Waals surface area (Å²) < 4.78 is 5.81. The molecule has 2 aliphatic rings. The Morgan fingerprint density at radius 3 is 2.73 bits per heavy atom. The largest absolute Gasteiger partial charge is 0.478 e. The fraction of sp³-hybridized carbons (Fsp3) is 0.588. The molecular formula is C17H25N3O2. The number of benzene rings is 1. The lowest BCUT2D eigenvalue weighted by atomic mass is 10.1. The number of nitrogens with two attached hydrogens (primary N) is 1. The Balaban J connectivity index is 1.77. The van der Waals surface area contributed by atoms with Crippen LogP contribution in [-0.4, -0.2) is 43.1 Å². The van der Waals surface area contributed by atoms with Crippen LogP contribution in [0.2, 0.25) is 0 Å². The van der Waals surface area contributed by atoms with Crippen molar-refractivity contribution >= 4 is 17.3 Å². The van der Waals surface area contributed by atoms with Gasteiger partial charge in [0.1, 0.15) is 5.75 Å². The molecule has 1 saturated heterocycles. The van der Waals surface area contributed by atoms with Crippen molar-refractivity contribution in [3.8, 4) is 5.75 Å². The molecule has 1 fully saturated rings. The van der Waals surface area contributed by atoms with E-state index in [2.05, 4.69) is 4.90 Å². The Labute approximate surface area is 132 Å². The summed E-state index contributed by atoms with van der Waals surface area (Å²) in [5.74, 6) is 0.817. The molecule has 0 spiro atoms. The summed E-state index contributed by atoms with van der Waals surface area (Å²) in [6, 6.07) is 5.53. The van der Waals surface area contributed by atoms with Crippen LogP contribution in [0.3, 0.4) is 0 Å². The molecule has 1 amide bonds. The SMILES string of the molecule is CCC1Oc2ccc(N)cc2N(CCN2CCCCC2)C1=O. The minimum absolute atomic E-state index is 0.0533. The normalized spacial score (nSPS) is 22.3. The Kier molecular flexibility index (Phi) is 4.52. The first kappa shape index (κ1) is 15.2. The molecule has 5 heteroatoms. The molecule has 5 nitrogen and oxygen atoms in total. The highest BCUT2D eigenvalue weighted by molar-refractivity contribution is 6.00. The number of amides is 1. The van der Waals surface area contributed by atoms with E-state index in [0.717, 1.165) is 31.1 Å². The summed E-state index contributed by atoms with van der Waals surface area (Å²) in [5.41, 5.74) is 7.36. The highest BCUT2D eigenvalue weighted by Gasteiger charge is 2.33. The van der Waals surface area contributed by atoms with Gasteiger partial charge in [-0.15, -0.1) is 0 Å². The summed E-state index contributed by atoms with van der Waals surface area (Å²) in [4.78, 5) is 16.9. The van der Waals surface area contributed by atoms with Gasteiger partial charge in [-0.1, -0.05) is 13.3 Å². The molecule has 1 unspecified atom stereocenters. The Hall–Kier alpha value is -1.75. The van der Waals surface area contributed by atoms with Gasteiger partial charge >= 0.3 is 0 Å². The zero-order valence-electron chi connectivity index (χ0n) is 13.3. The third-order valence-corrected chi connectivity index (χ3v) is 4.54. The van der Waals surface area contributed by atoms with E-state index in [1.54, 1.807) is 0 Å². The Morgan fingerprint density at radius 2 is 2.00 bits per heavy atom. The first-order valence-electron chi connectivity index (χ1n) is 8.29. The van der Waals surface area contributed by atoms with E-state index in [4.69, 9.17) is 10.5 Å². The molecule has 0 aromatic heterocycles. The fourth-order valence-electron chi connectivity index (χ4n) is 3.25. The lowest BCUT2D eigenvalue weighted by molar-refractivity contribution is -0.126. The summed E-state index contributed by atoms with van der Waals surface area (Å²) in [7, 11) is 0. The van der Waals surface area contributed by atoms with Gasteiger partial charge in [0, 0.05) is 18.8 Å². The van der Waals surface area contributed by atoms with Crippen molar-refractivity contribution in [3.05, 3.63) is 18.2 Å². The van der Waals surface area contributed by atoms with Crippen LogP contribution in [0.5, 0.6) is 5.75 Å². The van der Waals surface area contributed by atoms with Crippen molar-refractivity contribution < 1.29 is 9.53 Å². The number of anilines is 2. The lowest BCUT2D eigenvalue weighted by Gasteiger charge is -2.36. The van der Waals surface area contributed by atoms with Gasteiger partial charge in [-0.3, -0.25) is 4.79 Å². The summed E-state index contributed by atoms with van der Waals surface area (Å²) in [5, 5.41) is 0. The van der Waals surface area contributed by atoms with Crippen LogP contribution in [0.25, 0.3) is 0 Å². The molecule has 0 bridgehead atoms. The summed E-state index contributed by atoms with van der Waals surface area (Å²) in [6.07, 6.45) is 4.15. The number of likely N-dealkylation sites (tertiary alicyclic amines) is 1. The fourth-order valence-corrected chi connectivity index (χ4v) is 3.25. The van der Waals surface area contributed by atoms with Crippen LogP contribution in [0.4, 0.5) is 11.4 Å². The van der Waals surface area contributed by atoms with Crippen molar-refractivity contribution in [2.24, 2.45) is 0 Å². The van der Waals surface area contributed by atoms with Crippen molar-refractivity contribution in [1.29, 1.82) is 0 Å². The van der Waals surface area contributed by atoms with Gasteiger partial charge in [0.2, 0.25) is 0 Å². The number of hydrogen-bond donors (Lipinski definition) is 1. The highest BCUT2D eigenvalue weighted by Crippen LogP contribution is 2.36. The number of hydrogen-bond acceptors (Lipinski definition) is 4. The van der Waals surface area contributed by atoms with E-state index in [1.165, 1.54) is 19.3 Å². The maximum absolute atomic E-state index is 12.6. The zero-order chi connectivity index (χ0) is 15.5. The van der Waals surface area contributed by atoms with Crippen molar-refractivity contribution in [1.82, 2.24) is 4.90 Å². The third kappa shape index (κ3) is 3.04. The van der Waals surface area contributed by atoms with Gasteiger partial charge in [0.05, 0.1) is 5.69 Å². The smallest absolute Gasteiger partial charge is 0.268 e. The van der Waals surface area contributed by atoms with Crippen LogP contribution < -0.4 is 15.4 Å². The molecule has 0 radical (unpaired) electrons. The molecular weight excluding hydrogens is 278 g/mol. The second kappa shape index (κ2) is 6.57. The molecule has 0 saturated carbocycles. The molecule has 120 valence electrons. The number of piperidine rings is 1. The van der Waals surface area contributed by atoms with Crippen molar-refractivity contribution in [2.75, 3.05) is 36.8 Å². The van der Waals surface area contributed by atoms with E-state index in [-0.39, 0.29) is 12.0 Å². The topological polar surface area (TPSA) is 58.8 Å². The highest BCUT2D eigenvalue weighted by atomic mass is 16.5. The molecule has 0 aliphatic carbocycles. The number of carbonyl (C=O) groups excluding carboxylic acids is 1. The van der Waals surface area contributed by atoms with E-state index in [0.29, 0.717) is 18.7 Å². The summed E-state index contributed by atoms with van der Waals surface area (Å²) in [6.45, 7) is 5.87. The van der Waals surface area contributed by atoms with E-state index in [9.17, 15) is 4.79 Å². The molecule has 2 aliphatic heterocycles. The summed E-state index contributed by atoms with van der Waals surface area (Å²) >= 11 is 0. The van der Waals surface area contributed by atoms with Gasteiger partial charge in [-0.25, -0.2) is 0 Å². The first-order chi connectivity index (χ1) is 10.7. The Bertz CT molecular complexity index is 541. The van der Waals surface area contributed by atoms with Gasteiger partial charge in [-0.05, 0) is 50.6 Å². The molecule has 22 heavy (non-hydrogen) atoms. The van der Waals surface area contributed by atoms with Crippen LogP contribution in [-0.2, 0) is 4.79 Å². The third-order valence-electron chi connectivity index (χ3n) is 4.54. The van der Waals surface area contributed by atoms with E-state index >= 15 is 0 Å². The minimum Gasteiger partial charge on any atom is -0.478 e. The number of nitrogens with zero attached hydrogens (tertiary/aromatic N) is 2. The molecule has 1 atom stereocenters. The number of rotatable bonds is 4. The molecule has 3 rings (SSSR count). The number of nitrogen functional groups attached to an aromatic ring is 1. The van der Waals surface area contributed by atoms with Crippen LogP contribution in [0, 0.1) is 0 Å². The van der Waals surface area contributed by atoms with E-state index < -0.39 is 0 Å². The van der Waals surface area contributed by atoms with Crippen molar-refractivity contribution in [3.63, 3.8) is 0 Å². The monoisotopic (exact) mass is 303 g/mol. The first-order valence-corrected chi connectivity index (χ1v) is 8.29. The van der Waals surface area contributed by atoms with Crippen LogP contribution >= 0.6 is 0 Å². The number of fused-ring (bicyclic) bond motifs is 1. The van der Waals surface area contributed by atoms with Crippen LogP contribution in [0.15, 0.2) is 18.2 Å². The second-order valence-corrected chi connectivity index (χ2v) is 6.13. The standard InChI is InChI=1S/C17H25N3O2/c1-2-15-17(21)20(11-10-19-8-4-3-5-9-19)14-12-13(18)6-7-16(14)22-15/h6-7,12,15H,2-5,8-11,18H2,1H3. The zero-order valence-corrected chi connectivity index (χ0v) is 13.3. The maximum Gasteiger partial charge on any atom is 0.268 e. The maximum atomic E-state index is 12.6. The van der Waals surface area contributed by atoms with Crippen LogP contribution in [0.1, 0.15) is 32.6 Å². The Morgan fingerprint density at radius 1 is 1.23 bits per heavy atom. The molecule has 2 N–H and O–H groups in total. The molecule has 1 aromatic rings. The molecule has 2 heterocycles. The number of carbonyl (C=O) groups is 1. The van der Waals surface area contributed by atoms with Crippen molar-refractivity contribution in [2.45, 2.75) is 38.7 Å².